The van der Waals surface area contributed by atoms with Crippen molar-refractivity contribution in [1.29, 1.82) is 0 Å². The molecule has 0 bridgehead atoms. The molecule has 0 aliphatic rings. The van der Waals surface area contributed by atoms with Gasteiger partial charge in [0.15, 0.2) is 5.82 Å². The standard InChI is InChI=1S/C19H22N8O2S/c1-12-8-17(26-25-12)24-19-23-16(10-18-22-13(2)11-27(18)19)14-4-3-5-15(9-14)30(28,29)21-7-6-20/h3-5,8-11,21H,6-7,20H2,1-2H3,(H2,23,24,25,26). The number of aromatic nitrogens is 5. The molecule has 156 valence electrons. The molecule has 4 aromatic rings. The Morgan fingerprint density at radius 1 is 1.17 bits per heavy atom. The van der Waals surface area contributed by atoms with Crippen LogP contribution in [0.15, 0.2) is 47.5 Å². The topological polar surface area (TPSA) is 143 Å². The quantitative estimate of drug-likeness (QED) is 0.352. The van der Waals surface area contributed by atoms with Crippen molar-refractivity contribution in [3.8, 4) is 11.3 Å². The molecule has 1 aromatic carbocycles. The second-order valence-corrected chi connectivity index (χ2v) is 8.62. The second kappa shape index (κ2) is 7.86. The average molecular weight is 427 g/mol. The van der Waals surface area contributed by atoms with Crippen molar-refractivity contribution in [3.63, 3.8) is 0 Å². The number of imidazole rings is 1. The van der Waals surface area contributed by atoms with Gasteiger partial charge in [-0.1, -0.05) is 12.1 Å². The molecule has 10 nitrogen and oxygen atoms in total. The Balaban J connectivity index is 1.79. The first-order valence-electron chi connectivity index (χ1n) is 9.32. The average Bonchev–Trinajstić information content (AvgIpc) is 3.31. The van der Waals surface area contributed by atoms with Crippen LogP contribution in [0, 0.1) is 13.8 Å². The third kappa shape index (κ3) is 4.03. The van der Waals surface area contributed by atoms with Gasteiger partial charge in [0.2, 0.25) is 16.0 Å². The van der Waals surface area contributed by atoms with Crippen LogP contribution < -0.4 is 15.8 Å². The van der Waals surface area contributed by atoms with E-state index in [1.807, 2.05) is 36.6 Å². The molecule has 0 saturated carbocycles. The van der Waals surface area contributed by atoms with E-state index in [1.165, 1.54) is 6.07 Å². The van der Waals surface area contributed by atoms with E-state index in [0.29, 0.717) is 28.7 Å². The number of nitrogens with two attached hydrogens (primary N) is 1. The molecule has 0 aliphatic heterocycles. The number of nitrogens with one attached hydrogen (secondary N) is 3. The van der Waals surface area contributed by atoms with E-state index in [-0.39, 0.29) is 18.0 Å². The molecule has 3 heterocycles. The zero-order chi connectivity index (χ0) is 21.3. The van der Waals surface area contributed by atoms with E-state index in [0.717, 1.165) is 11.4 Å². The number of sulfonamides is 1. The number of fused-ring (bicyclic) bond motifs is 1. The Bertz CT molecular complexity index is 1310. The van der Waals surface area contributed by atoms with Gasteiger partial charge in [-0.3, -0.25) is 9.50 Å². The largest absolute Gasteiger partial charge is 0.329 e. The molecule has 0 spiro atoms. The Kier molecular flexibility index (Phi) is 5.24. The molecule has 4 rings (SSSR count). The van der Waals surface area contributed by atoms with Crippen LogP contribution in [0.3, 0.4) is 0 Å². The van der Waals surface area contributed by atoms with E-state index >= 15 is 0 Å². The molecule has 0 fully saturated rings. The number of benzene rings is 1. The third-order valence-electron chi connectivity index (χ3n) is 4.40. The van der Waals surface area contributed by atoms with E-state index in [1.54, 1.807) is 18.2 Å². The van der Waals surface area contributed by atoms with Gasteiger partial charge in [-0.05, 0) is 26.0 Å². The van der Waals surface area contributed by atoms with Gasteiger partial charge in [0.25, 0.3) is 0 Å². The predicted molar refractivity (Wildman–Crippen MR) is 114 cm³/mol. The van der Waals surface area contributed by atoms with Gasteiger partial charge >= 0.3 is 0 Å². The van der Waals surface area contributed by atoms with Crippen molar-refractivity contribution in [2.75, 3.05) is 18.4 Å². The molecule has 5 N–H and O–H groups in total. The predicted octanol–water partition coefficient (Wildman–Crippen LogP) is 1.72. The van der Waals surface area contributed by atoms with Crippen molar-refractivity contribution < 1.29 is 8.42 Å². The number of rotatable bonds is 7. The summed E-state index contributed by atoms with van der Waals surface area (Å²) in [6, 6.07) is 10.3. The van der Waals surface area contributed by atoms with Crippen molar-refractivity contribution in [2.45, 2.75) is 18.7 Å². The fraction of sp³-hybridized carbons (Fsp3) is 0.211. The summed E-state index contributed by atoms with van der Waals surface area (Å²) in [5.74, 6) is 1.14. The maximum atomic E-state index is 12.5. The van der Waals surface area contributed by atoms with Gasteiger partial charge in [-0.15, -0.1) is 0 Å². The summed E-state index contributed by atoms with van der Waals surface area (Å²) in [6.45, 7) is 4.19. The fourth-order valence-electron chi connectivity index (χ4n) is 3.04. The van der Waals surface area contributed by atoms with Gasteiger partial charge in [0.1, 0.15) is 5.65 Å². The SMILES string of the molecule is Cc1cn2c(Nc3cc(C)[nH]n3)nc(-c3cccc(S(=O)(=O)NCCN)c3)cc2n1. The first kappa shape index (κ1) is 20.0. The normalized spacial score (nSPS) is 11.8. The third-order valence-corrected chi connectivity index (χ3v) is 5.86. The molecule has 0 aliphatic carbocycles. The number of nitrogens with zero attached hydrogens (tertiary/aromatic N) is 4. The second-order valence-electron chi connectivity index (χ2n) is 6.85. The number of aromatic amines is 1. The lowest BCUT2D eigenvalue weighted by Gasteiger charge is -2.10. The highest BCUT2D eigenvalue weighted by atomic mass is 32.2. The number of hydrogen-bond acceptors (Lipinski definition) is 7. The molecule has 0 amide bonds. The Morgan fingerprint density at radius 3 is 2.73 bits per heavy atom. The van der Waals surface area contributed by atoms with Crippen LogP contribution in [0.25, 0.3) is 16.9 Å². The molecule has 11 heteroatoms. The van der Waals surface area contributed by atoms with Crippen molar-refractivity contribution in [3.05, 3.63) is 54.0 Å². The van der Waals surface area contributed by atoms with Gasteiger partial charge in [0.05, 0.1) is 16.3 Å². The van der Waals surface area contributed by atoms with Crippen LogP contribution in [0.2, 0.25) is 0 Å². The first-order valence-corrected chi connectivity index (χ1v) is 10.8. The van der Waals surface area contributed by atoms with Crippen LogP contribution in [0.5, 0.6) is 0 Å². The Morgan fingerprint density at radius 2 is 2.00 bits per heavy atom. The van der Waals surface area contributed by atoms with Gasteiger partial charge in [-0.25, -0.2) is 23.1 Å². The van der Waals surface area contributed by atoms with E-state index in [4.69, 9.17) is 10.7 Å². The minimum absolute atomic E-state index is 0.145. The smallest absolute Gasteiger partial charge is 0.240 e. The summed E-state index contributed by atoms with van der Waals surface area (Å²) in [7, 11) is -3.66. The van der Waals surface area contributed by atoms with E-state index < -0.39 is 10.0 Å². The highest BCUT2D eigenvalue weighted by Crippen LogP contribution is 2.25. The minimum Gasteiger partial charge on any atom is -0.329 e. The van der Waals surface area contributed by atoms with Crippen LogP contribution in [-0.2, 0) is 10.0 Å². The lowest BCUT2D eigenvalue weighted by Crippen LogP contribution is -2.29. The van der Waals surface area contributed by atoms with Gasteiger partial charge < -0.3 is 11.1 Å². The van der Waals surface area contributed by atoms with Crippen LogP contribution in [0.4, 0.5) is 11.8 Å². The van der Waals surface area contributed by atoms with Crippen molar-refractivity contribution in [1.82, 2.24) is 29.3 Å². The summed E-state index contributed by atoms with van der Waals surface area (Å²) in [5, 5.41) is 10.3. The summed E-state index contributed by atoms with van der Waals surface area (Å²) in [4.78, 5) is 9.37. The maximum absolute atomic E-state index is 12.5. The zero-order valence-corrected chi connectivity index (χ0v) is 17.4. The summed E-state index contributed by atoms with van der Waals surface area (Å²) >= 11 is 0. The van der Waals surface area contributed by atoms with Crippen LogP contribution >= 0.6 is 0 Å². The lowest BCUT2D eigenvalue weighted by atomic mass is 10.1. The number of H-pyrrole nitrogens is 1. The first-order chi connectivity index (χ1) is 14.4. The minimum atomic E-state index is -3.66. The molecule has 0 radical (unpaired) electrons. The lowest BCUT2D eigenvalue weighted by molar-refractivity contribution is 0.582. The van der Waals surface area contributed by atoms with Crippen molar-refractivity contribution in [2.24, 2.45) is 5.73 Å². The van der Waals surface area contributed by atoms with Crippen molar-refractivity contribution >= 4 is 27.4 Å². The summed E-state index contributed by atoms with van der Waals surface area (Å²) in [6.07, 6.45) is 1.87. The highest BCUT2D eigenvalue weighted by Gasteiger charge is 2.16. The number of anilines is 2. The molecule has 3 aromatic heterocycles. The number of hydrogen-bond donors (Lipinski definition) is 4. The Hall–Kier alpha value is -3.28. The molecule has 30 heavy (non-hydrogen) atoms. The van der Waals surface area contributed by atoms with Gasteiger partial charge in [-0.2, -0.15) is 5.10 Å². The summed E-state index contributed by atoms with van der Waals surface area (Å²) < 4.78 is 29.2. The maximum Gasteiger partial charge on any atom is 0.240 e. The van der Waals surface area contributed by atoms with Gasteiger partial charge in [0, 0.05) is 42.7 Å². The van der Waals surface area contributed by atoms with Crippen LogP contribution in [-0.4, -0.2) is 46.1 Å². The monoisotopic (exact) mass is 426 g/mol. The van der Waals surface area contributed by atoms with Crippen LogP contribution in [0.1, 0.15) is 11.4 Å². The molecular weight excluding hydrogens is 404 g/mol. The van der Waals surface area contributed by atoms with E-state index in [9.17, 15) is 8.42 Å². The number of aryl methyl sites for hydroxylation is 2. The van der Waals surface area contributed by atoms with E-state index in [2.05, 4.69) is 25.2 Å². The molecule has 0 saturated heterocycles. The molecule has 0 unspecified atom stereocenters. The zero-order valence-electron chi connectivity index (χ0n) is 16.5. The molecule has 0 atom stereocenters. The highest BCUT2D eigenvalue weighted by molar-refractivity contribution is 7.89. The molecular formula is C19H22N8O2S. The fourth-order valence-corrected chi connectivity index (χ4v) is 4.14. The Labute approximate surface area is 173 Å². The summed E-state index contributed by atoms with van der Waals surface area (Å²) in [5.41, 5.74) is 9.07.